The fourth-order valence-electron chi connectivity index (χ4n) is 2.59. The Labute approximate surface area is 133 Å². The van der Waals surface area contributed by atoms with Crippen molar-refractivity contribution in [1.82, 2.24) is 0 Å². The van der Waals surface area contributed by atoms with Crippen molar-refractivity contribution in [3.05, 3.63) is 71.8 Å². The predicted molar refractivity (Wildman–Crippen MR) is 89.6 cm³/mol. The van der Waals surface area contributed by atoms with Crippen LogP contribution in [-0.4, -0.2) is 5.97 Å². The average Bonchev–Trinajstić information content (AvgIpc) is 2.56. The van der Waals surface area contributed by atoms with Gasteiger partial charge >= 0.3 is 5.97 Å². The Kier molecular flexibility index (Phi) is 5.76. The molecule has 116 valence electrons. The highest BCUT2D eigenvalue weighted by molar-refractivity contribution is 5.70. The summed E-state index contributed by atoms with van der Waals surface area (Å²) in [5, 5.41) is 0. The molecule has 0 spiro atoms. The molecule has 0 bridgehead atoms. The summed E-state index contributed by atoms with van der Waals surface area (Å²) in [5.74, 6) is -0.136. The number of esters is 1. The highest BCUT2D eigenvalue weighted by atomic mass is 16.6. The molecule has 0 aliphatic heterocycles. The summed E-state index contributed by atoms with van der Waals surface area (Å²) >= 11 is 0. The first-order chi connectivity index (χ1) is 10.7. The summed E-state index contributed by atoms with van der Waals surface area (Å²) in [6, 6.07) is 19.9. The maximum absolute atomic E-state index is 12.3. The van der Waals surface area contributed by atoms with Crippen LogP contribution in [0.1, 0.15) is 50.7 Å². The highest BCUT2D eigenvalue weighted by Crippen LogP contribution is 2.33. The maximum atomic E-state index is 12.3. The molecule has 2 nitrogen and oxygen atoms in total. The Morgan fingerprint density at radius 3 is 1.86 bits per heavy atom. The predicted octanol–water partition coefficient (Wildman–Crippen LogP) is 5.07. The van der Waals surface area contributed by atoms with Gasteiger partial charge in [-0.3, -0.25) is 4.79 Å². The smallest absolute Gasteiger partial charge is 0.307 e. The third-order valence-electron chi connectivity index (χ3n) is 3.95. The van der Waals surface area contributed by atoms with Gasteiger partial charge in [-0.05, 0) is 24.5 Å². The molecule has 0 aliphatic rings. The van der Waals surface area contributed by atoms with E-state index in [1.165, 1.54) is 0 Å². The zero-order valence-corrected chi connectivity index (χ0v) is 13.4. The van der Waals surface area contributed by atoms with Gasteiger partial charge in [-0.2, -0.15) is 0 Å². The second kappa shape index (κ2) is 7.79. The van der Waals surface area contributed by atoms with E-state index in [4.69, 9.17) is 4.74 Å². The molecule has 0 N–H and O–H groups in total. The van der Waals surface area contributed by atoms with E-state index in [0.29, 0.717) is 6.42 Å². The largest absolute Gasteiger partial charge is 0.450 e. The molecule has 0 saturated heterocycles. The molecule has 2 rings (SSSR count). The van der Waals surface area contributed by atoms with Crippen LogP contribution in [0.5, 0.6) is 0 Å². The number of carbonyl (C=O) groups is 1. The van der Waals surface area contributed by atoms with Crippen molar-refractivity contribution in [2.75, 3.05) is 0 Å². The van der Waals surface area contributed by atoms with Crippen molar-refractivity contribution in [3.8, 4) is 0 Å². The number of unbranched alkanes of at least 4 members (excludes halogenated alkanes) is 2. The number of hydrogen-bond acceptors (Lipinski definition) is 2. The van der Waals surface area contributed by atoms with Gasteiger partial charge in [0.25, 0.3) is 0 Å². The molecule has 0 atom stereocenters. The lowest BCUT2D eigenvalue weighted by Crippen LogP contribution is -2.30. The zero-order chi connectivity index (χ0) is 15.8. The van der Waals surface area contributed by atoms with Crippen LogP contribution in [0.2, 0.25) is 0 Å². The number of carbonyl (C=O) groups excluding carboxylic acids is 1. The van der Waals surface area contributed by atoms with Crippen LogP contribution in [-0.2, 0) is 15.1 Å². The molecule has 0 aromatic heterocycles. The van der Waals surface area contributed by atoms with Crippen LogP contribution in [0.15, 0.2) is 60.7 Å². The first kappa shape index (κ1) is 16.3. The summed E-state index contributed by atoms with van der Waals surface area (Å²) in [5.41, 5.74) is 1.24. The van der Waals surface area contributed by atoms with E-state index < -0.39 is 5.60 Å². The fraction of sp³-hybridized carbons (Fsp3) is 0.350. The molecule has 0 unspecified atom stereocenters. The second-order valence-electron chi connectivity index (χ2n) is 5.70. The number of ether oxygens (including phenoxy) is 1. The van der Waals surface area contributed by atoms with Crippen LogP contribution in [0.25, 0.3) is 0 Å². The van der Waals surface area contributed by atoms with E-state index in [-0.39, 0.29) is 5.97 Å². The minimum Gasteiger partial charge on any atom is -0.450 e. The second-order valence-corrected chi connectivity index (χ2v) is 5.70. The van der Waals surface area contributed by atoms with E-state index in [1.807, 2.05) is 67.6 Å². The minimum absolute atomic E-state index is 0.136. The van der Waals surface area contributed by atoms with Crippen molar-refractivity contribution in [3.63, 3.8) is 0 Å². The molecule has 0 saturated carbocycles. The van der Waals surface area contributed by atoms with E-state index in [1.54, 1.807) is 0 Å². The lowest BCUT2D eigenvalue weighted by Gasteiger charge is -2.31. The summed E-state index contributed by atoms with van der Waals surface area (Å²) in [7, 11) is 0. The molecule has 0 heterocycles. The third kappa shape index (κ3) is 3.97. The van der Waals surface area contributed by atoms with Gasteiger partial charge in [-0.15, -0.1) is 0 Å². The van der Waals surface area contributed by atoms with E-state index in [0.717, 1.165) is 30.4 Å². The van der Waals surface area contributed by atoms with Gasteiger partial charge in [0.2, 0.25) is 0 Å². The van der Waals surface area contributed by atoms with E-state index in [2.05, 4.69) is 6.92 Å². The Balaban J connectivity index is 2.25. The van der Waals surface area contributed by atoms with Gasteiger partial charge in [-0.1, -0.05) is 80.4 Å². The van der Waals surface area contributed by atoms with Gasteiger partial charge in [0, 0.05) is 6.42 Å². The van der Waals surface area contributed by atoms with Crippen LogP contribution < -0.4 is 0 Å². The monoisotopic (exact) mass is 296 g/mol. The molecule has 2 aromatic rings. The topological polar surface area (TPSA) is 26.3 Å². The van der Waals surface area contributed by atoms with Gasteiger partial charge in [0.05, 0.1) is 0 Å². The van der Waals surface area contributed by atoms with Crippen molar-refractivity contribution >= 4 is 5.97 Å². The lowest BCUT2D eigenvalue weighted by atomic mass is 9.88. The first-order valence-electron chi connectivity index (χ1n) is 7.99. The Morgan fingerprint density at radius 2 is 1.41 bits per heavy atom. The highest BCUT2D eigenvalue weighted by Gasteiger charge is 2.32. The van der Waals surface area contributed by atoms with Crippen molar-refractivity contribution in [1.29, 1.82) is 0 Å². The normalized spacial score (nSPS) is 11.2. The molecule has 0 amide bonds. The Morgan fingerprint density at radius 1 is 0.909 bits per heavy atom. The summed E-state index contributed by atoms with van der Waals surface area (Å²) in [6.07, 6.45) is 3.52. The summed E-state index contributed by atoms with van der Waals surface area (Å²) in [6.45, 7) is 4.10. The molecule has 2 heteroatoms. The molecule has 22 heavy (non-hydrogen) atoms. The lowest BCUT2D eigenvalue weighted by molar-refractivity contribution is -0.155. The van der Waals surface area contributed by atoms with E-state index >= 15 is 0 Å². The van der Waals surface area contributed by atoms with Crippen LogP contribution in [0.3, 0.4) is 0 Å². The van der Waals surface area contributed by atoms with Crippen molar-refractivity contribution in [2.45, 2.75) is 45.1 Å². The number of rotatable bonds is 7. The average molecular weight is 296 g/mol. The van der Waals surface area contributed by atoms with Gasteiger partial charge in [-0.25, -0.2) is 0 Å². The first-order valence-corrected chi connectivity index (χ1v) is 7.99. The molecule has 0 aliphatic carbocycles. The standard InChI is InChI=1S/C20H24O2/c1-3-4-7-16-19(21)22-20(2,17-12-8-5-9-13-17)18-14-10-6-11-15-18/h5-6,8-15H,3-4,7,16H2,1-2H3. The van der Waals surface area contributed by atoms with Crippen LogP contribution in [0.4, 0.5) is 0 Å². The number of benzene rings is 2. The summed E-state index contributed by atoms with van der Waals surface area (Å²) in [4.78, 5) is 12.3. The molecular weight excluding hydrogens is 272 g/mol. The molecule has 2 aromatic carbocycles. The fourth-order valence-corrected chi connectivity index (χ4v) is 2.59. The molecular formula is C20H24O2. The number of hydrogen-bond donors (Lipinski definition) is 0. The summed E-state index contributed by atoms with van der Waals surface area (Å²) < 4.78 is 5.92. The zero-order valence-electron chi connectivity index (χ0n) is 13.4. The van der Waals surface area contributed by atoms with Crippen LogP contribution in [0, 0.1) is 0 Å². The Bertz CT molecular complexity index is 536. The van der Waals surface area contributed by atoms with Gasteiger partial charge < -0.3 is 4.74 Å². The van der Waals surface area contributed by atoms with Gasteiger partial charge in [0.15, 0.2) is 5.60 Å². The third-order valence-corrected chi connectivity index (χ3v) is 3.95. The Hall–Kier alpha value is -2.09. The van der Waals surface area contributed by atoms with E-state index in [9.17, 15) is 4.79 Å². The molecule has 0 fully saturated rings. The maximum Gasteiger partial charge on any atom is 0.307 e. The SMILES string of the molecule is CCCCCC(=O)OC(C)(c1ccccc1)c1ccccc1. The van der Waals surface area contributed by atoms with Crippen molar-refractivity contribution < 1.29 is 9.53 Å². The minimum atomic E-state index is -0.744. The van der Waals surface area contributed by atoms with Crippen molar-refractivity contribution in [2.24, 2.45) is 0 Å². The quantitative estimate of drug-likeness (QED) is 0.526. The molecule has 0 radical (unpaired) electrons. The van der Waals surface area contributed by atoms with Gasteiger partial charge in [0.1, 0.15) is 0 Å². The van der Waals surface area contributed by atoms with Crippen LogP contribution >= 0.6 is 0 Å².